The fourth-order valence-corrected chi connectivity index (χ4v) is 2.61. The Hall–Kier alpha value is -2.97. The van der Waals surface area contributed by atoms with Crippen molar-refractivity contribution in [2.24, 2.45) is 0 Å². The molecule has 23 heavy (non-hydrogen) atoms. The maximum absolute atomic E-state index is 12.5. The molecular formula is C14H17N5O4. The lowest BCUT2D eigenvalue weighted by Gasteiger charge is -2.04. The van der Waals surface area contributed by atoms with Crippen LogP contribution in [0.5, 0.6) is 0 Å². The van der Waals surface area contributed by atoms with Crippen molar-refractivity contribution in [3.63, 3.8) is 0 Å². The van der Waals surface area contributed by atoms with Crippen LogP contribution in [0.4, 0.5) is 11.5 Å². The average Bonchev–Trinajstić information content (AvgIpc) is 2.99. The van der Waals surface area contributed by atoms with Crippen molar-refractivity contribution in [3.8, 4) is 0 Å². The molecule has 2 aromatic heterocycles. The Bertz CT molecular complexity index is 802. The quantitative estimate of drug-likeness (QED) is 0.472. The SMILES string of the molecule is CCc1c(C(=O)Cn2ncc([N+](=O)[O-])c2N)[nH]c(C)c1C(C)=O. The number of aromatic amines is 1. The van der Waals surface area contributed by atoms with Gasteiger partial charge in [-0.05, 0) is 25.8 Å². The van der Waals surface area contributed by atoms with Gasteiger partial charge in [0.2, 0.25) is 11.6 Å². The van der Waals surface area contributed by atoms with Crippen molar-refractivity contribution in [2.45, 2.75) is 33.7 Å². The third-order valence-electron chi connectivity index (χ3n) is 3.63. The zero-order valence-corrected chi connectivity index (χ0v) is 13.0. The second kappa shape index (κ2) is 6.03. The number of nitrogens with one attached hydrogen (secondary N) is 1. The lowest BCUT2D eigenvalue weighted by Crippen LogP contribution is -2.16. The molecule has 9 heteroatoms. The zero-order valence-electron chi connectivity index (χ0n) is 13.0. The number of aryl methyl sites for hydroxylation is 1. The molecular weight excluding hydrogens is 302 g/mol. The van der Waals surface area contributed by atoms with E-state index in [4.69, 9.17) is 5.73 Å². The molecule has 0 unspecified atom stereocenters. The predicted molar refractivity (Wildman–Crippen MR) is 82.5 cm³/mol. The molecule has 0 bridgehead atoms. The summed E-state index contributed by atoms with van der Waals surface area (Å²) >= 11 is 0. The fraction of sp³-hybridized carbons (Fsp3) is 0.357. The summed E-state index contributed by atoms with van der Waals surface area (Å²) in [7, 11) is 0. The minimum atomic E-state index is -0.659. The van der Waals surface area contributed by atoms with Gasteiger partial charge in [0.25, 0.3) is 0 Å². The van der Waals surface area contributed by atoms with Crippen molar-refractivity contribution < 1.29 is 14.5 Å². The van der Waals surface area contributed by atoms with Crippen molar-refractivity contribution in [2.75, 3.05) is 5.73 Å². The van der Waals surface area contributed by atoms with Crippen molar-refractivity contribution in [1.29, 1.82) is 0 Å². The number of ketones is 2. The van der Waals surface area contributed by atoms with Gasteiger partial charge in [-0.25, -0.2) is 4.68 Å². The largest absolute Gasteiger partial charge is 0.378 e. The predicted octanol–water partition coefficient (Wildman–Crippen LogP) is 1.66. The fourth-order valence-electron chi connectivity index (χ4n) is 2.61. The molecule has 0 atom stereocenters. The van der Waals surface area contributed by atoms with E-state index in [1.54, 1.807) is 6.92 Å². The second-order valence-corrected chi connectivity index (χ2v) is 5.14. The highest BCUT2D eigenvalue weighted by Crippen LogP contribution is 2.23. The summed E-state index contributed by atoms with van der Waals surface area (Å²) in [5.74, 6) is -0.650. The molecule has 0 saturated carbocycles. The highest BCUT2D eigenvalue weighted by Gasteiger charge is 2.24. The van der Waals surface area contributed by atoms with Crippen LogP contribution in [-0.2, 0) is 13.0 Å². The molecule has 2 heterocycles. The van der Waals surface area contributed by atoms with Crippen LogP contribution in [0.1, 0.15) is 46.0 Å². The lowest BCUT2D eigenvalue weighted by atomic mass is 10.0. The Morgan fingerprint density at radius 3 is 2.61 bits per heavy atom. The summed E-state index contributed by atoms with van der Waals surface area (Å²) < 4.78 is 1.07. The van der Waals surface area contributed by atoms with Gasteiger partial charge in [0, 0.05) is 11.3 Å². The van der Waals surface area contributed by atoms with Crippen molar-refractivity contribution >= 4 is 23.1 Å². The number of nitrogen functional groups attached to an aromatic ring is 1. The van der Waals surface area contributed by atoms with Crippen LogP contribution in [0, 0.1) is 17.0 Å². The molecule has 0 aliphatic heterocycles. The summed E-state index contributed by atoms with van der Waals surface area (Å²) in [4.78, 5) is 37.2. The topological polar surface area (TPSA) is 137 Å². The number of nitrogens with two attached hydrogens (primary N) is 1. The van der Waals surface area contributed by atoms with Crippen LogP contribution in [0.2, 0.25) is 0 Å². The summed E-state index contributed by atoms with van der Waals surface area (Å²) in [5, 5.41) is 14.5. The van der Waals surface area contributed by atoms with E-state index in [0.29, 0.717) is 28.9 Å². The van der Waals surface area contributed by atoms with E-state index < -0.39 is 4.92 Å². The van der Waals surface area contributed by atoms with Crippen LogP contribution in [-0.4, -0.2) is 31.3 Å². The van der Waals surface area contributed by atoms with Gasteiger partial charge in [0.1, 0.15) is 12.7 Å². The van der Waals surface area contributed by atoms with Crippen LogP contribution < -0.4 is 5.73 Å². The molecule has 0 amide bonds. The Labute approximate surface area is 131 Å². The van der Waals surface area contributed by atoms with E-state index in [0.717, 1.165) is 10.9 Å². The molecule has 0 saturated heterocycles. The Morgan fingerprint density at radius 1 is 1.48 bits per heavy atom. The van der Waals surface area contributed by atoms with E-state index >= 15 is 0 Å². The second-order valence-electron chi connectivity index (χ2n) is 5.14. The standard InChI is InChI=1S/C14H17N5O4/c1-4-9-12(8(3)20)7(2)17-13(9)11(21)6-18-14(15)10(5-16-18)19(22)23/h5,17H,4,6,15H2,1-3H3. The van der Waals surface area contributed by atoms with Gasteiger partial charge >= 0.3 is 5.69 Å². The number of nitro groups is 1. The maximum atomic E-state index is 12.5. The van der Waals surface area contributed by atoms with Gasteiger partial charge in [0.05, 0.1) is 10.6 Å². The van der Waals surface area contributed by atoms with Crippen LogP contribution in [0.3, 0.4) is 0 Å². The van der Waals surface area contributed by atoms with Crippen LogP contribution in [0.15, 0.2) is 6.20 Å². The third kappa shape index (κ3) is 2.85. The number of hydrogen-bond donors (Lipinski definition) is 2. The summed E-state index contributed by atoms with van der Waals surface area (Å²) in [6.07, 6.45) is 1.51. The average molecular weight is 319 g/mol. The van der Waals surface area contributed by atoms with Gasteiger partial charge in [-0.3, -0.25) is 19.7 Å². The highest BCUT2D eigenvalue weighted by molar-refractivity contribution is 6.03. The van der Waals surface area contributed by atoms with Crippen molar-refractivity contribution in [3.05, 3.63) is 38.8 Å². The summed E-state index contributed by atoms with van der Waals surface area (Å²) in [5.41, 5.74) is 7.36. The van der Waals surface area contributed by atoms with Gasteiger partial charge in [-0.1, -0.05) is 6.92 Å². The summed E-state index contributed by atoms with van der Waals surface area (Å²) in [6.45, 7) is 4.77. The van der Waals surface area contributed by atoms with Gasteiger partial charge < -0.3 is 10.7 Å². The zero-order chi connectivity index (χ0) is 17.3. The number of H-pyrrole nitrogens is 1. The van der Waals surface area contributed by atoms with Crippen molar-refractivity contribution in [1.82, 2.24) is 14.8 Å². The number of aromatic nitrogens is 3. The molecule has 2 aromatic rings. The molecule has 0 fully saturated rings. The number of carbonyl (C=O) groups excluding carboxylic acids is 2. The number of anilines is 1. The van der Waals surface area contributed by atoms with Gasteiger partial charge in [0.15, 0.2) is 5.78 Å². The van der Waals surface area contributed by atoms with Crippen LogP contribution in [0.25, 0.3) is 0 Å². The minimum absolute atomic E-state index is 0.121. The van der Waals surface area contributed by atoms with E-state index in [1.165, 1.54) is 6.92 Å². The Balaban J connectivity index is 2.37. The molecule has 9 nitrogen and oxygen atoms in total. The molecule has 0 aliphatic carbocycles. The smallest absolute Gasteiger partial charge is 0.330 e. The molecule has 2 rings (SSSR count). The first kappa shape index (κ1) is 16.4. The molecule has 0 radical (unpaired) electrons. The first-order valence-corrected chi connectivity index (χ1v) is 6.99. The Morgan fingerprint density at radius 2 is 2.13 bits per heavy atom. The van der Waals surface area contributed by atoms with E-state index in [1.807, 2.05) is 6.92 Å². The highest BCUT2D eigenvalue weighted by atomic mass is 16.6. The molecule has 0 spiro atoms. The third-order valence-corrected chi connectivity index (χ3v) is 3.63. The van der Waals surface area contributed by atoms with E-state index in [2.05, 4.69) is 10.1 Å². The van der Waals surface area contributed by atoms with E-state index in [9.17, 15) is 19.7 Å². The first-order chi connectivity index (χ1) is 10.8. The number of Topliss-reactive ketones (excluding diaryl/α,β-unsaturated/α-hetero) is 2. The maximum Gasteiger partial charge on any atom is 0.330 e. The molecule has 0 aromatic carbocycles. The monoisotopic (exact) mass is 319 g/mol. The summed E-state index contributed by atoms with van der Waals surface area (Å²) in [6, 6.07) is 0. The number of hydrogen-bond acceptors (Lipinski definition) is 6. The normalized spacial score (nSPS) is 10.7. The van der Waals surface area contributed by atoms with Crippen LogP contribution >= 0.6 is 0 Å². The van der Waals surface area contributed by atoms with Gasteiger partial charge in [-0.15, -0.1) is 0 Å². The number of carbonyl (C=O) groups is 2. The number of rotatable bonds is 6. The van der Waals surface area contributed by atoms with Gasteiger partial charge in [-0.2, -0.15) is 5.10 Å². The minimum Gasteiger partial charge on any atom is -0.378 e. The first-order valence-electron chi connectivity index (χ1n) is 6.99. The lowest BCUT2D eigenvalue weighted by molar-refractivity contribution is -0.384. The molecule has 122 valence electrons. The Kier molecular flexibility index (Phi) is 4.30. The van der Waals surface area contributed by atoms with E-state index in [-0.39, 0.29) is 29.6 Å². The number of nitrogens with zero attached hydrogens (tertiary/aromatic N) is 3. The molecule has 0 aliphatic rings. The molecule has 3 N–H and O–H groups in total.